The monoisotopic (exact) mass is 845 g/mol. The number of benzene rings is 9. The first-order chi connectivity index (χ1) is 32.5. The van der Waals surface area contributed by atoms with E-state index >= 15 is 0 Å². The van der Waals surface area contributed by atoms with Gasteiger partial charge in [-0.1, -0.05) is 153 Å². The molecular formula is C62H43N3O. The van der Waals surface area contributed by atoms with Gasteiger partial charge in [-0.25, -0.2) is 0 Å². The highest BCUT2D eigenvalue weighted by atomic mass is 16.3. The van der Waals surface area contributed by atoms with Crippen LogP contribution in [0.4, 0.5) is 17.1 Å². The first-order valence-corrected chi connectivity index (χ1v) is 22.7. The molecule has 0 spiro atoms. The third-order valence-electron chi connectivity index (χ3n) is 13.9. The Morgan fingerprint density at radius 1 is 0.424 bits per heavy atom. The molecule has 0 aliphatic heterocycles. The molecule has 312 valence electrons. The minimum Gasteiger partial charge on any atom is -0.455 e. The molecule has 3 aromatic heterocycles. The van der Waals surface area contributed by atoms with Gasteiger partial charge in [0.2, 0.25) is 0 Å². The number of para-hydroxylation sites is 3. The van der Waals surface area contributed by atoms with Crippen molar-refractivity contribution in [1.82, 2.24) is 9.55 Å². The number of furan rings is 1. The molecule has 13 rings (SSSR count). The molecule has 0 N–H and O–H groups in total. The molecule has 66 heavy (non-hydrogen) atoms. The molecule has 4 heteroatoms. The van der Waals surface area contributed by atoms with Gasteiger partial charge < -0.3 is 13.9 Å². The highest BCUT2D eigenvalue weighted by Crippen LogP contribution is 2.50. The predicted octanol–water partition coefficient (Wildman–Crippen LogP) is 16.9. The van der Waals surface area contributed by atoms with E-state index in [2.05, 4.69) is 235 Å². The van der Waals surface area contributed by atoms with E-state index in [1.54, 1.807) is 0 Å². The molecule has 0 unspecified atom stereocenters. The summed E-state index contributed by atoms with van der Waals surface area (Å²) in [5, 5.41) is 4.55. The summed E-state index contributed by atoms with van der Waals surface area (Å²) < 4.78 is 9.04. The van der Waals surface area contributed by atoms with Gasteiger partial charge >= 0.3 is 0 Å². The van der Waals surface area contributed by atoms with Crippen molar-refractivity contribution in [1.29, 1.82) is 0 Å². The molecule has 0 bridgehead atoms. The van der Waals surface area contributed by atoms with Crippen LogP contribution in [0, 0.1) is 0 Å². The summed E-state index contributed by atoms with van der Waals surface area (Å²) in [6.07, 6.45) is 3.85. The summed E-state index contributed by atoms with van der Waals surface area (Å²) in [5.74, 6) is 0. The molecule has 0 fully saturated rings. The molecule has 0 saturated carbocycles. The average molecular weight is 846 g/mol. The standard InChI is InChI=1S/C62H43N3O/c1-62(2)56-20-9-6-15-48(56)49-33-25-42(37-57(49)62)40-23-26-43(27-24-40)64(44-28-30-45(31-29-44)65-58-21-10-7-16-50(58)55-39-63-36-35-59(55)65)46-32-34-47(41-13-4-3-5-14-41)54(38-46)53-19-12-18-52-51-17-8-11-22-60(51)66-61(52)53/h3-39H,1-2H3. The van der Waals surface area contributed by atoms with Crippen LogP contribution in [0.3, 0.4) is 0 Å². The van der Waals surface area contributed by atoms with Crippen molar-refractivity contribution >= 4 is 60.8 Å². The minimum absolute atomic E-state index is 0.0721. The number of anilines is 3. The largest absolute Gasteiger partial charge is 0.455 e. The van der Waals surface area contributed by atoms with Gasteiger partial charge in [0.25, 0.3) is 0 Å². The third kappa shape index (κ3) is 5.88. The van der Waals surface area contributed by atoms with E-state index in [1.165, 1.54) is 38.8 Å². The maximum Gasteiger partial charge on any atom is 0.143 e. The van der Waals surface area contributed by atoms with Crippen LogP contribution in [-0.2, 0) is 5.41 Å². The summed E-state index contributed by atoms with van der Waals surface area (Å²) in [7, 11) is 0. The van der Waals surface area contributed by atoms with E-state index in [4.69, 9.17) is 4.42 Å². The zero-order chi connectivity index (χ0) is 43.9. The molecular weight excluding hydrogens is 803 g/mol. The molecule has 12 aromatic rings. The lowest BCUT2D eigenvalue weighted by Gasteiger charge is -2.27. The third-order valence-corrected chi connectivity index (χ3v) is 13.9. The number of rotatable bonds is 7. The molecule has 0 amide bonds. The highest BCUT2D eigenvalue weighted by Gasteiger charge is 2.35. The molecule has 0 atom stereocenters. The van der Waals surface area contributed by atoms with Gasteiger partial charge in [0, 0.05) is 67.7 Å². The minimum atomic E-state index is -0.0721. The first-order valence-electron chi connectivity index (χ1n) is 22.7. The molecule has 4 nitrogen and oxygen atoms in total. The number of hydrogen-bond donors (Lipinski definition) is 0. The van der Waals surface area contributed by atoms with E-state index in [0.717, 1.165) is 83.4 Å². The second-order valence-corrected chi connectivity index (χ2v) is 18.0. The Hall–Kier alpha value is -8.47. The smallest absolute Gasteiger partial charge is 0.143 e. The summed E-state index contributed by atoms with van der Waals surface area (Å²) in [4.78, 5) is 6.86. The number of nitrogens with zero attached hydrogens (tertiary/aromatic N) is 3. The Bertz CT molecular complexity index is 3790. The predicted molar refractivity (Wildman–Crippen MR) is 274 cm³/mol. The molecule has 1 aliphatic carbocycles. The molecule has 0 radical (unpaired) electrons. The maximum absolute atomic E-state index is 6.70. The van der Waals surface area contributed by atoms with Gasteiger partial charge in [-0.2, -0.15) is 0 Å². The number of fused-ring (bicyclic) bond motifs is 9. The van der Waals surface area contributed by atoms with Gasteiger partial charge in [0.15, 0.2) is 0 Å². The van der Waals surface area contributed by atoms with Crippen LogP contribution in [0.15, 0.2) is 229 Å². The van der Waals surface area contributed by atoms with Crippen molar-refractivity contribution in [3.8, 4) is 50.2 Å². The van der Waals surface area contributed by atoms with Crippen molar-refractivity contribution in [3.05, 3.63) is 236 Å². The Morgan fingerprint density at radius 3 is 1.91 bits per heavy atom. The molecule has 9 aromatic carbocycles. The lowest BCUT2D eigenvalue weighted by atomic mass is 9.81. The number of aromatic nitrogens is 2. The zero-order valence-electron chi connectivity index (χ0n) is 36.6. The van der Waals surface area contributed by atoms with Crippen LogP contribution < -0.4 is 4.90 Å². The quantitative estimate of drug-likeness (QED) is 0.160. The second-order valence-electron chi connectivity index (χ2n) is 18.0. The van der Waals surface area contributed by atoms with Crippen LogP contribution in [0.1, 0.15) is 25.0 Å². The first kappa shape index (κ1) is 38.0. The van der Waals surface area contributed by atoms with Crippen LogP contribution in [0.2, 0.25) is 0 Å². The van der Waals surface area contributed by atoms with Crippen molar-refractivity contribution in [2.24, 2.45) is 0 Å². The topological polar surface area (TPSA) is 34.2 Å². The van der Waals surface area contributed by atoms with Gasteiger partial charge in [-0.3, -0.25) is 4.98 Å². The Kier molecular flexibility index (Phi) is 8.53. The van der Waals surface area contributed by atoms with Crippen LogP contribution in [0.25, 0.3) is 93.9 Å². The Balaban J connectivity index is 0.975. The number of pyridine rings is 1. The normalized spacial score (nSPS) is 12.8. The lowest BCUT2D eigenvalue weighted by Crippen LogP contribution is -2.14. The summed E-state index contributed by atoms with van der Waals surface area (Å²) in [6, 6.07) is 76.9. The van der Waals surface area contributed by atoms with Crippen LogP contribution in [-0.4, -0.2) is 9.55 Å². The fraction of sp³-hybridized carbons (Fsp3) is 0.0484. The van der Waals surface area contributed by atoms with Crippen molar-refractivity contribution in [2.75, 3.05) is 4.90 Å². The van der Waals surface area contributed by atoms with Crippen LogP contribution >= 0.6 is 0 Å². The SMILES string of the molecule is CC1(C)c2ccccc2-c2ccc(-c3ccc(N(c4ccc(-n5c6ccccc6c6cnccc65)cc4)c4ccc(-c5ccccc5)c(-c5cccc6c5oc5ccccc56)c4)cc3)cc21. The summed E-state index contributed by atoms with van der Waals surface area (Å²) in [5.41, 5.74) is 20.5. The zero-order valence-corrected chi connectivity index (χ0v) is 36.6. The second kappa shape index (κ2) is 14.8. The van der Waals surface area contributed by atoms with E-state index in [-0.39, 0.29) is 5.41 Å². The van der Waals surface area contributed by atoms with Crippen molar-refractivity contribution in [3.63, 3.8) is 0 Å². The van der Waals surface area contributed by atoms with Gasteiger partial charge in [-0.05, 0) is 123 Å². The van der Waals surface area contributed by atoms with E-state index in [0.29, 0.717) is 0 Å². The fourth-order valence-electron chi connectivity index (χ4n) is 10.7. The lowest BCUT2D eigenvalue weighted by molar-refractivity contribution is 0.660. The van der Waals surface area contributed by atoms with E-state index in [9.17, 15) is 0 Å². The van der Waals surface area contributed by atoms with Crippen molar-refractivity contribution in [2.45, 2.75) is 19.3 Å². The number of hydrogen-bond acceptors (Lipinski definition) is 3. The Morgan fingerprint density at radius 2 is 1.06 bits per heavy atom. The fourth-order valence-corrected chi connectivity index (χ4v) is 10.7. The highest BCUT2D eigenvalue weighted by molar-refractivity contribution is 6.11. The molecule has 3 heterocycles. The summed E-state index contributed by atoms with van der Waals surface area (Å²) >= 11 is 0. The molecule has 0 saturated heterocycles. The van der Waals surface area contributed by atoms with E-state index in [1.807, 2.05) is 18.5 Å². The average Bonchev–Trinajstić information content (AvgIpc) is 4.00. The van der Waals surface area contributed by atoms with Gasteiger partial charge in [0.05, 0.1) is 11.0 Å². The van der Waals surface area contributed by atoms with Crippen molar-refractivity contribution < 1.29 is 4.42 Å². The van der Waals surface area contributed by atoms with Crippen LogP contribution in [0.5, 0.6) is 0 Å². The molecule has 1 aliphatic rings. The van der Waals surface area contributed by atoms with Gasteiger partial charge in [-0.15, -0.1) is 0 Å². The maximum atomic E-state index is 6.70. The van der Waals surface area contributed by atoms with Gasteiger partial charge in [0.1, 0.15) is 11.2 Å². The van der Waals surface area contributed by atoms with E-state index < -0.39 is 0 Å². The summed E-state index contributed by atoms with van der Waals surface area (Å²) in [6.45, 7) is 4.69. The Labute approximate surface area is 383 Å².